The predicted molar refractivity (Wildman–Crippen MR) is 72.0 cm³/mol. The average Bonchev–Trinajstić information content (AvgIpc) is 2.42. The van der Waals surface area contributed by atoms with Gasteiger partial charge in [0.05, 0.1) is 0 Å². The Morgan fingerprint density at radius 2 is 1.95 bits per heavy atom. The number of nitrogens with zero attached hydrogens (tertiary/aromatic N) is 2. The largest absolute Gasteiger partial charge is 0.316 e. The van der Waals surface area contributed by atoms with Crippen molar-refractivity contribution < 1.29 is 12.8 Å². The van der Waals surface area contributed by atoms with Gasteiger partial charge in [-0.05, 0) is 30.8 Å². The molecule has 2 aromatic rings. The van der Waals surface area contributed by atoms with Gasteiger partial charge in [-0.25, -0.2) is 27.5 Å². The van der Waals surface area contributed by atoms with Crippen LogP contribution in [-0.2, 0) is 16.6 Å². The Balaban J connectivity index is 2.36. The van der Waals surface area contributed by atoms with Crippen molar-refractivity contribution in [1.29, 1.82) is 0 Å². The highest BCUT2D eigenvalue weighted by Crippen LogP contribution is 2.18. The molecule has 0 radical (unpaired) electrons. The van der Waals surface area contributed by atoms with Gasteiger partial charge in [-0.1, -0.05) is 6.07 Å². The zero-order chi connectivity index (χ0) is 14.6. The third-order valence-electron chi connectivity index (χ3n) is 2.46. The van der Waals surface area contributed by atoms with Gasteiger partial charge in [0.25, 0.3) is 10.0 Å². The van der Waals surface area contributed by atoms with E-state index < -0.39 is 20.7 Å². The molecule has 0 saturated carbocycles. The van der Waals surface area contributed by atoms with Crippen molar-refractivity contribution in [3.63, 3.8) is 0 Å². The van der Waals surface area contributed by atoms with Crippen molar-refractivity contribution in [2.24, 2.45) is 0 Å². The smallest absolute Gasteiger partial charge is 0.267 e. The van der Waals surface area contributed by atoms with E-state index >= 15 is 0 Å². The summed E-state index contributed by atoms with van der Waals surface area (Å²) in [6.45, 7) is 0.435. The second kappa shape index (κ2) is 5.93. The normalized spacial score (nSPS) is 11.3. The molecular formula is C12H13FN4O2S. The fourth-order valence-corrected chi connectivity index (χ4v) is 2.68. The second-order valence-corrected chi connectivity index (χ2v) is 5.62. The first-order valence-electron chi connectivity index (χ1n) is 5.76. The molecule has 0 bridgehead atoms. The van der Waals surface area contributed by atoms with Crippen molar-refractivity contribution in [3.05, 3.63) is 48.0 Å². The van der Waals surface area contributed by atoms with Crippen LogP contribution in [-0.4, -0.2) is 25.4 Å². The van der Waals surface area contributed by atoms with E-state index in [9.17, 15) is 12.8 Å². The monoisotopic (exact) mass is 296 g/mol. The Labute approximate surface area is 116 Å². The fraction of sp³-hybridized carbons (Fsp3) is 0.167. The molecule has 1 heterocycles. The number of halogens is 1. The minimum atomic E-state index is -4.06. The van der Waals surface area contributed by atoms with Crippen molar-refractivity contribution in [1.82, 2.24) is 15.3 Å². The van der Waals surface area contributed by atoms with Gasteiger partial charge in [-0.2, -0.15) is 0 Å². The van der Waals surface area contributed by atoms with Crippen molar-refractivity contribution in [2.45, 2.75) is 11.4 Å². The number of hydrogen-bond acceptors (Lipinski definition) is 5. The lowest BCUT2D eigenvalue weighted by Crippen LogP contribution is -2.17. The third kappa shape index (κ3) is 3.28. The van der Waals surface area contributed by atoms with Crippen LogP contribution >= 0.6 is 0 Å². The number of rotatable bonds is 5. The predicted octanol–water partition coefficient (Wildman–Crippen LogP) is 1.14. The summed E-state index contributed by atoms with van der Waals surface area (Å²) in [7, 11) is -2.35. The lowest BCUT2D eigenvalue weighted by atomic mass is 10.2. The highest BCUT2D eigenvalue weighted by molar-refractivity contribution is 7.92. The van der Waals surface area contributed by atoms with Crippen LogP contribution in [0.1, 0.15) is 5.56 Å². The van der Waals surface area contributed by atoms with E-state index in [1.54, 1.807) is 13.1 Å². The molecule has 0 aliphatic carbocycles. The molecule has 0 aliphatic rings. The maximum atomic E-state index is 13.7. The number of anilines is 1. The first-order chi connectivity index (χ1) is 9.53. The SMILES string of the molecule is CNCc1ccc(F)c(S(=O)(=O)Nc2ncccn2)c1. The summed E-state index contributed by atoms with van der Waals surface area (Å²) in [6, 6.07) is 5.46. The molecule has 2 N–H and O–H groups in total. The van der Waals surface area contributed by atoms with E-state index in [2.05, 4.69) is 20.0 Å². The Kier molecular flexibility index (Phi) is 4.26. The van der Waals surface area contributed by atoms with Crippen LogP contribution < -0.4 is 10.0 Å². The lowest BCUT2D eigenvalue weighted by Gasteiger charge is -2.09. The molecule has 0 spiro atoms. The first kappa shape index (κ1) is 14.4. The summed E-state index contributed by atoms with van der Waals surface area (Å²) in [4.78, 5) is 7.05. The summed E-state index contributed by atoms with van der Waals surface area (Å²) < 4.78 is 40.1. The molecule has 8 heteroatoms. The summed E-state index contributed by atoms with van der Waals surface area (Å²) in [5, 5.41) is 2.87. The molecule has 0 fully saturated rings. The van der Waals surface area contributed by atoms with Crippen molar-refractivity contribution in [2.75, 3.05) is 11.8 Å². The maximum absolute atomic E-state index is 13.7. The van der Waals surface area contributed by atoms with Crippen LogP contribution in [0.3, 0.4) is 0 Å². The van der Waals surface area contributed by atoms with E-state index in [1.807, 2.05) is 0 Å². The zero-order valence-corrected chi connectivity index (χ0v) is 11.5. The molecule has 0 atom stereocenters. The molecule has 0 aliphatic heterocycles. The Morgan fingerprint density at radius 3 is 2.60 bits per heavy atom. The zero-order valence-electron chi connectivity index (χ0n) is 10.7. The number of sulfonamides is 1. The van der Waals surface area contributed by atoms with E-state index in [0.29, 0.717) is 12.1 Å². The van der Waals surface area contributed by atoms with E-state index in [0.717, 1.165) is 6.07 Å². The molecule has 2 rings (SSSR count). The summed E-state index contributed by atoms with van der Waals surface area (Å²) >= 11 is 0. The van der Waals surface area contributed by atoms with Crippen LogP contribution in [0.5, 0.6) is 0 Å². The highest BCUT2D eigenvalue weighted by Gasteiger charge is 2.20. The van der Waals surface area contributed by atoms with E-state index in [4.69, 9.17) is 0 Å². The average molecular weight is 296 g/mol. The van der Waals surface area contributed by atoms with E-state index in [1.165, 1.54) is 24.5 Å². The number of benzene rings is 1. The molecule has 1 aromatic heterocycles. The lowest BCUT2D eigenvalue weighted by molar-refractivity contribution is 0.568. The summed E-state index contributed by atoms with van der Waals surface area (Å²) in [5.74, 6) is -0.931. The van der Waals surface area contributed by atoms with Crippen LogP contribution in [0, 0.1) is 5.82 Å². The third-order valence-corrected chi connectivity index (χ3v) is 3.80. The number of hydrogen-bond donors (Lipinski definition) is 2. The van der Waals surface area contributed by atoms with Gasteiger partial charge in [0.15, 0.2) is 0 Å². The van der Waals surface area contributed by atoms with Crippen LogP contribution in [0.2, 0.25) is 0 Å². The van der Waals surface area contributed by atoms with Crippen molar-refractivity contribution >= 4 is 16.0 Å². The summed E-state index contributed by atoms with van der Waals surface area (Å²) in [5.41, 5.74) is 0.656. The minimum absolute atomic E-state index is 0.106. The molecule has 1 aromatic carbocycles. The fourth-order valence-electron chi connectivity index (χ4n) is 1.59. The van der Waals surface area contributed by atoms with Gasteiger partial charge in [0.2, 0.25) is 5.95 Å². The van der Waals surface area contributed by atoms with Crippen LogP contribution in [0.15, 0.2) is 41.6 Å². The molecule has 0 amide bonds. The van der Waals surface area contributed by atoms with Gasteiger partial charge >= 0.3 is 0 Å². The Morgan fingerprint density at radius 1 is 1.25 bits per heavy atom. The molecule has 106 valence electrons. The molecule has 0 unspecified atom stereocenters. The van der Waals surface area contributed by atoms with Gasteiger partial charge in [-0.15, -0.1) is 0 Å². The quantitative estimate of drug-likeness (QED) is 0.864. The maximum Gasteiger partial charge on any atom is 0.267 e. The molecular weight excluding hydrogens is 283 g/mol. The molecule has 6 nitrogen and oxygen atoms in total. The Hall–Kier alpha value is -2.06. The molecule has 0 saturated heterocycles. The topological polar surface area (TPSA) is 84.0 Å². The van der Waals surface area contributed by atoms with Gasteiger partial charge in [0.1, 0.15) is 10.7 Å². The van der Waals surface area contributed by atoms with Gasteiger partial charge < -0.3 is 5.32 Å². The van der Waals surface area contributed by atoms with E-state index in [-0.39, 0.29) is 5.95 Å². The Bertz CT molecular complexity index is 692. The van der Waals surface area contributed by atoms with Crippen molar-refractivity contribution in [3.8, 4) is 0 Å². The number of nitrogens with one attached hydrogen (secondary N) is 2. The molecule has 20 heavy (non-hydrogen) atoms. The first-order valence-corrected chi connectivity index (χ1v) is 7.24. The number of aromatic nitrogens is 2. The minimum Gasteiger partial charge on any atom is -0.316 e. The highest BCUT2D eigenvalue weighted by atomic mass is 32.2. The second-order valence-electron chi connectivity index (χ2n) is 3.97. The van der Waals surface area contributed by atoms with Crippen LogP contribution in [0.25, 0.3) is 0 Å². The van der Waals surface area contributed by atoms with Gasteiger partial charge in [0, 0.05) is 18.9 Å². The van der Waals surface area contributed by atoms with Crippen LogP contribution in [0.4, 0.5) is 10.3 Å². The summed E-state index contributed by atoms with van der Waals surface area (Å²) in [6.07, 6.45) is 2.78. The standard InChI is InChI=1S/C12H13FN4O2S/c1-14-8-9-3-4-10(13)11(7-9)20(18,19)17-12-15-5-2-6-16-12/h2-7,14H,8H2,1H3,(H,15,16,17). The van der Waals surface area contributed by atoms with Gasteiger partial charge in [-0.3, -0.25) is 0 Å².